The van der Waals surface area contributed by atoms with Crippen LogP contribution >= 0.6 is 0 Å². The Hall–Kier alpha value is -2.87. The Balaban J connectivity index is 2.39. The summed E-state index contributed by atoms with van der Waals surface area (Å²) in [4.78, 5) is 4.80. The highest BCUT2D eigenvalue weighted by Gasteiger charge is 2.14. The van der Waals surface area contributed by atoms with Gasteiger partial charge in [0.1, 0.15) is 5.82 Å². The predicted molar refractivity (Wildman–Crippen MR) is 94.2 cm³/mol. The first-order valence-corrected chi connectivity index (χ1v) is 7.24. The number of hydrogen-bond donors (Lipinski definition) is 0. The van der Waals surface area contributed by atoms with E-state index in [1.807, 2.05) is 30.4 Å². The fraction of sp³-hybridized carbons (Fsp3) is 0.0500. The van der Waals surface area contributed by atoms with Crippen molar-refractivity contribution in [3.8, 4) is 5.69 Å². The van der Waals surface area contributed by atoms with Gasteiger partial charge in [0.2, 0.25) is 0 Å². The smallest absolute Gasteiger partial charge is 0.145 e. The van der Waals surface area contributed by atoms with Gasteiger partial charge < -0.3 is 0 Å². The first-order chi connectivity index (χ1) is 10.7. The molecule has 1 aromatic heterocycles. The molecule has 0 spiro atoms. The third-order valence-corrected chi connectivity index (χ3v) is 3.60. The van der Waals surface area contributed by atoms with E-state index in [0.29, 0.717) is 0 Å². The van der Waals surface area contributed by atoms with Gasteiger partial charge in [-0.25, -0.2) is 4.98 Å². The SMILES string of the molecule is C=C/C=C(\C=C)c1nc2ccc(C)cc2n1-c1ccccc1. The lowest BCUT2D eigenvalue weighted by Gasteiger charge is -2.10. The second kappa shape index (κ2) is 5.86. The largest absolute Gasteiger partial charge is 0.292 e. The van der Waals surface area contributed by atoms with E-state index in [9.17, 15) is 0 Å². The van der Waals surface area contributed by atoms with Crippen molar-refractivity contribution in [1.82, 2.24) is 9.55 Å². The van der Waals surface area contributed by atoms with Gasteiger partial charge in [-0.05, 0) is 36.8 Å². The molecule has 2 heteroatoms. The van der Waals surface area contributed by atoms with Crippen molar-refractivity contribution in [2.24, 2.45) is 0 Å². The van der Waals surface area contributed by atoms with E-state index in [2.05, 4.69) is 55.0 Å². The van der Waals surface area contributed by atoms with Gasteiger partial charge in [0.05, 0.1) is 11.0 Å². The lowest BCUT2D eigenvalue weighted by molar-refractivity contribution is 1.06. The van der Waals surface area contributed by atoms with Crippen LogP contribution < -0.4 is 0 Å². The van der Waals surface area contributed by atoms with Crippen molar-refractivity contribution < 1.29 is 0 Å². The number of imidazole rings is 1. The van der Waals surface area contributed by atoms with Gasteiger partial charge in [-0.1, -0.05) is 55.7 Å². The highest BCUT2D eigenvalue weighted by molar-refractivity contribution is 5.85. The second-order valence-electron chi connectivity index (χ2n) is 5.16. The molecule has 0 atom stereocenters. The third-order valence-electron chi connectivity index (χ3n) is 3.60. The second-order valence-corrected chi connectivity index (χ2v) is 5.16. The molecule has 3 rings (SSSR count). The van der Waals surface area contributed by atoms with Crippen LogP contribution in [0.1, 0.15) is 11.4 Å². The van der Waals surface area contributed by atoms with E-state index in [4.69, 9.17) is 4.98 Å². The third kappa shape index (κ3) is 2.40. The van der Waals surface area contributed by atoms with Crippen LogP contribution in [0.3, 0.4) is 0 Å². The predicted octanol–water partition coefficient (Wildman–Crippen LogP) is 5.09. The molecule has 0 radical (unpaired) electrons. The Morgan fingerprint density at radius 3 is 2.55 bits per heavy atom. The van der Waals surface area contributed by atoms with E-state index >= 15 is 0 Å². The van der Waals surface area contributed by atoms with Crippen LogP contribution in [0, 0.1) is 6.92 Å². The molecule has 2 aromatic carbocycles. The van der Waals surface area contributed by atoms with Crippen molar-refractivity contribution in [2.75, 3.05) is 0 Å². The van der Waals surface area contributed by atoms with Crippen molar-refractivity contribution in [1.29, 1.82) is 0 Å². The molecular formula is C20H18N2. The maximum Gasteiger partial charge on any atom is 0.145 e. The summed E-state index contributed by atoms with van der Waals surface area (Å²) in [5.41, 5.74) is 5.32. The first-order valence-electron chi connectivity index (χ1n) is 7.24. The van der Waals surface area contributed by atoms with Crippen LogP contribution in [0.15, 0.2) is 79.9 Å². The van der Waals surface area contributed by atoms with Crippen LogP contribution in [0.5, 0.6) is 0 Å². The van der Waals surface area contributed by atoms with Crippen molar-refractivity contribution >= 4 is 16.6 Å². The topological polar surface area (TPSA) is 17.8 Å². The maximum atomic E-state index is 4.80. The average Bonchev–Trinajstić information content (AvgIpc) is 2.91. The number of nitrogens with zero attached hydrogens (tertiary/aromatic N) is 2. The fourth-order valence-electron chi connectivity index (χ4n) is 2.58. The van der Waals surface area contributed by atoms with E-state index in [-0.39, 0.29) is 0 Å². The summed E-state index contributed by atoms with van der Waals surface area (Å²) in [6.45, 7) is 9.79. The summed E-state index contributed by atoms with van der Waals surface area (Å²) >= 11 is 0. The molecule has 22 heavy (non-hydrogen) atoms. The molecule has 0 amide bonds. The van der Waals surface area contributed by atoms with Crippen molar-refractivity contribution in [2.45, 2.75) is 6.92 Å². The van der Waals surface area contributed by atoms with Gasteiger partial charge in [0.15, 0.2) is 0 Å². The standard InChI is InChI=1S/C20H18N2/c1-4-9-16(5-2)20-21-18-13-12-15(3)14-19(18)22(20)17-10-7-6-8-11-17/h4-14H,1-2H2,3H3/b16-9+. The normalized spacial score (nSPS) is 11.6. The van der Waals surface area contributed by atoms with Gasteiger partial charge in [-0.2, -0.15) is 0 Å². The van der Waals surface area contributed by atoms with E-state index < -0.39 is 0 Å². The van der Waals surface area contributed by atoms with Gasteiger partial charge in [0, 0.05) is 11.3 Å². The molecule has 0 saturated carbocycles. The summed E-state index contributed by atoms with van der Waals surface area (Å²) in [5, 5.41) is 0. The molecule has 108 valence electrons. The Morgan fingerprint density at radius 1 is 1.09 bits per heavy atom. The molecule has 0 unspecified atom stereocenters. The summed E-state index contributed by atoms with van der Waals surface area (Å²) in [6.07, 6.45) is 5.51. The number of aryl methyl sites for hydroxylation is 1. The Bertz CT molecular complexity index is 867. The number of allylic oxidation sites excluding steroid dienone is 4. The molecule has 0 N–H and O–H groups in total. The summed E-state index contributed by atoms with van der Waals surface area (Å²) in [7, 11) is 0. The average molecular weight is 286 g/mol. The zero-order valence-corrected chi connectivity index (χ0v) is 12.7. The van der Waals surface area contributed by atoms with E-state index in [1.165, 1.54) is 5.56 Å². The minimum absolute atomic E-state index is 0.877. The first kappa shape index (κ1) is 14.1. The van der Waals surface area contributed by atoms with Gasteiger partial charge in [-0.15, -0.1) is 0 Å². The number of fused-ring (bicyclic) bond motifs is 1. The Labute approximate surface area is 130 Å². The molecule has 0 aliphatic rings. The van der Waals surface area contributed by atoms with Crippen LogP contribution in [0.25, 0.3) is 22.3 Å². The quantitative estimate of drug-likeness (QED) is 0.611. The Kier molecular flexibility index (Phi) is 3.75. The fourth-order valence-corrected chi connectivity index (χ4v) is 2.58. The van der Waals surface area contributed by atoms with Crippen LogP contribution in [0.4, 0.5) is 0 Å². The molecule has 0 fully saturated rings. The summed E-state index contributed by atoms with van der Waals surface area (Å²) < 4.78 is 2.17. The van der Waals surface area contributed by atoms with Crippen LogP contribution in [-0.2, 0) is 0 Å². The monoisotopic (exact) mass is 286 g/mol. The molecule has 3 aromatic rings. The summed E-state index contributed by atoms with van der Waals surface area (Å²) in [6, 6.07) is 16.6. The number of rotatable bonds is 4. The number of hydrogen-bond acceptors (Lipinski definition) is 1. The Morgan fingerprint density at radius 2 is 1.86 bits per heavy atom. The maximum absolute atomic E-state index is 4.80. The van der Waals surface area contributed by atoms with Crippen molar-refractivity contribution in [3.05, 3.63) is 91.3 Å². The highest BCUT2D eigenvalue weighted by Crippen LogP contribution is 2.27. The molecule has 0 aliphatic heterocycles. The highest BCUT2D eigenvalue weighted by atomic mass is 15.1. The number of benzene rings is 2. The van der Waals surface area contributed by atoms with Crippen molar-refractivity contribution in [3.63, 3.8) is 0 Å². The minimum Gasteiger partial charge on any atom is -0.292 e. The lowest BCUT2D eigenvalue weighted by Crippen LogP contribution is -1.99. The molecule has 2 nitrogen and oxygen atoms in total. The number of aromatic nitrogens is 2. The van der Waals surface area contributed by atoms with Gasteiger partial charge in [0.25, 0.3) is 0 Å². The van der Waals surface area contributed by atoms with E-state index in [1.54, 1.807) is 6.08 Å². The van der Waals surface area contributed by atoms with Crippen LogP contribution in [0.2, 0.25) is 0 Å². The van der Waals surface area contributed by atoms with Gasteiger partial charge >= 0.3 is 0 Å². The number of para-hydroxylation sites is 1. The van der Waals surface area contributed by atoms with E-state index in [0.717, 1.165) is 28.1 Å². The molecule has 0 bridgehead atoms. The van der Waals surface area contributed by atoms with Crippen LogP contribution in [-0.4, -0.2) is 9.55 Å². The summed E-state index contributed by atoms with van der Waals surface area (Å²) in [5.74, 6) is 0.877. The minimum atomic E-state index is 0.877. The molecule has 1 heterocycles. The zero-order valence-electron chi connectivity index (χ0n) is 12.7. The molecule has 0 aliphatic carbocycles. The molecular weight excluding hydrogens is 268 g/mol. The van der Waals surface area contributed by atoms with Gasteiger partial charge in [-0.3, -0.25) is 4.57 Å². The lowest BCUT2D eigenvalue weighted by atomic mass is 10.2. The molecule has 0 saturated heterocycles. The zero-order chi connectivity index (χ0) is 15.5.